The molecule has 82 valence electrons. The van der Waals surface area contributed by atoms with Gasteiger partial charge in [0.15, 0.2) is 0 Å². The molecule has 0 spiro atoms. The Labute approximate surface area is 83.6 Å². The van der Waals surface area contributed by atoms with Crippen LogP contribution in [0.2, 0.25) is 0 Å². The second-order valence-electron chi connectivity index (χ2n) is 4.06. The number of carboxylic acid groups (broad SMARTS) is 1. The van der Waals surface area contributed by atoms with Crippen molar-refractivity contribution in [2.45, 2.75) is 32.2 Å². The topological polar surface area (TPSA) is 83.5 Å². The normalized spacial score (nSPS) is 33.1. The zero-order valence-corrected chi connectivity index (χ0v) is 9.10. The first-order valence-electron chi connectivity index (χ1n) is 4.46. The fourth-order valence-corrected chi connectivity index (χ4v) is 2.76. The minimum atomic E-state index is -3.33. The van der Waals surface area contributed by atoms with E-state index in [-0.39, 0.29) is 0 Å². The van der Waals surface area contributed by atoms with Crippen molar-refractivity contribution in [2.24, 2.45) is 5.41 Å². The van der Waals surface area contributed by atoms with Gasteiger partial charge in [-0.3, -0.25) is 4.79 Å². The summed E-state index contributed by atoms with van der Waals surface area (Å²) in [4.78, 5) is 11.0. The molecular weight excluding hydrogens is 206 g/mol. The molecule has 0 heterocycles. The summed E-state index contributed by atoms with van der Waals surface area (Å²) in [7, 11) is -3.33. The standard InChI is InChI=1S/C8H15NO4S/c1-8(7(10)11)5-3-4-6(8)9-14(2,12)13/h6,9H,3-5H2,1-2H3,(H,10,11). The van der Waals surface area contributed by atoms with E-state index in [1.165, 1.54) is 0 Å². The van der Waals surface area contributed by atoms with Crippen molar-refractivity contribution in [3.05, 3.63) is 0 Å². The summed E-state index contributed by atoms with van der Waals surface area (Å²) in [6.07, 6.45) is 2.91. The Bertz CT molecular complexity index is 337. The summed E-state index contributed by atoms with van der Waals surface area (Å²) in [5.41, 5.74) is -0.955. The zero-order chi connectivity index (χ0) is 11.0. The maximum atomic E-state index is 11.0. The Balaban J connectivity index is 2.84. The van der Waals surface area contributed by atoms with Gasteiger partial charge in [-0.2, -0.15) is 0 Å². The first-order chi connectivity index (χ1) is 6.26. The van der Waals surface area contributed by atoms with E-state index in [2.05, 4.69) is 4.72 Å². The smallest absolute Gasteiger partial charge is 0.310 e. The van der Waals surface area contributed by atoms with Gasteiger partial charge in [-0.05, 0) is 19.8 Å². The highest BCUT2D eigenvalue weighted by atomic mass is 32.2. The lowest BCUT2D eigenvalue weighted by molar-refractivity contribution is -0.148. The van der Waals surface area contributed by atoms with E-state index in [9.17, 15) is 13.2 Å². The van der Waals surface area contributed by atoms with Gasteiger partial charge in [0.2, 0.25) is 10.0 Å². The van der Waals surface area contributed by atoms with Crippen molar-refractivity contribution >= 4 is 16.0 Å². The lowest BCUT2D eigenvalue weighted by atomic mass is 9.85. The van der Waals surface area contributed by atoms with Gasteiger partial charge >= 0.3 is 5.97 Å². The third-order valence-electron chi connectivity index (χ3n) is 2.80. The highest BCUT2D eigenvalue weighted by Crippen LogP contribution is 2.38. The molecule has 2 N–H and O–H groups in total. The van der Waals surface area contributed by atoms with Crippen LogP contribution in [0.3, 0.4) is 0 Å². The van der Waals surface area contributed by atoms with Crippen LogP contribution in [-0.2, 0) is 14.8 Å². The Morgan fingerprint density at radius 3 is 2.57 bits per heavy atom. The van der Waals surface area contributed by atoms with E-state index < -0.39 is 27.4 Å². The molecule has 1 aliphatic carbocycles. The van der Waals surface area contributed by atoms with Gasteiger partial charge in [-0.15, -0.1) is 0 Å². The van der Waals surface area contributed by atoms with E-state index in [1.54, 1.807) is 6.92 Å². The molecule has 0 aromatic rings. The predicted molar refractivity (Wildman–Crippen MR) is 51.4 cm³/mol. The molecule has 0 aliphatic heterocycles. The molecule has 0 saturated heterocycles. The minimum absolute atomic E-state index is 0.477. The van der Waals surface area contributed by atoms with E-state index in [4.69, 9.17) is 5.11 Å². The summed E-state index contributed by atoms with van der Waals surface area (Å²) in [5.74, 6) is -0.934. The molecular formula is C8H15NO4S. The second-order valence-corrected chi connectivity index (χ2v) is 5.84. The first kappa shape index (κ1) is 11.5. The highest BCUT2D eigenvalue weighted by molar-refractivity contribution is 7.88. The number of rotatable bonds is 3. The molecule has 2 atom stereocenters. The van der Waals surface area contributed by atoms with Crippen LogP contribution < -0.4 is 4.72 Å². The monoisotopic (exact) mass is 221 g/mol. The number of aliphatic carboxylic acids is 1. The van der Waals surface area contributed by atoms with Crippen molar-refractivity contribution in [1.82, 2.24) is 4.72 Å². The number of hydrogen-bond donors (Lipinski definition) is 2. The third kappa shape index (κ3) is 2.24. The number of nitrogens with one attached hydrogen (secondary N) is 1. The summed E-state index contributed by atoms with van der Waals surface area (Å²) < 4.78 is 24.4. The fourth-order valence-electron chi connectivity index (χ4n) is 1.87. The van der Waals surface area contributed by atoms with E-state index >= 15 is 0 Å². The van der Waals surface area contributed by atoms with Crippen molar-refractivity contribution < 1.29 is 18.3 Å². The molecule has 0 aromatic heterocycles. The molecule has 6 heteroatoms. The molecule has 0 aromatic carbocycles. The van der Waals surface area contributed by atoms with Gasteiger partial charge in [0.25, 0.3) is 0 Å². The van der Waals surface area contributed by atoms with Crippen LogP contribution in [0.4, 0.5) is 0 Å². The van der Waals surface area contributed by atoms with Crippen LogP contribution in [0.5, 0.6) is 0 Å². The summed E-state index contributed by atoms with van der Waals surface area (Å²) in [6.45, 7) is 1.59. The molecule has 1 saturated carbocycles. The van der Waals surface area contributed by atoms with Crippen molar-refractivity contribution in [3.8, 4) is 0 Å². The van der Waals surface area contributed by atoms with Crippen LogP contribution >= 0.6 is 0 Å². The van der Waals surface area contributed by atoms with Crippen LogP contribution in [0.25, 0.3) is 0 Å². The number of sulfonamides is 1. The molecule has 0 radical (unpaired) electrons. The summed E-state index contributed by atoms with van der Waals surface area (Å²) in [6, 6.07) is -0.477. The average Bonchev–Trinajstić information content (AvgIpc) is 2.30. The van der Waals surface area contributed by atoms with Gasteiger partial charge in [0, 0.05) is 6.04 Å². The number of carbonyl (C=O) groups is 1. The highest BCUT2D eigenvalue weighted by Gasteiger charge is 2.46. The third-order valence-corrected chi connectivity index (χ3v) is 3.52. The quantitative estimate of drug-likeness (QED) is 0.712. The molecule has 2 unspecified atom stereocenters. The molecule has 1 fully saturated rings. The van der Waals surface area contributed by atoms with Crippen molar-refractivity contribution in [2.75, 3.05) is 6.26 Å². The molecule has 0 bridgehead atoms. The van der Waals surface area contributed by atoms with Crippen LogP contribution in [0, 0.1) is 5.41 Å². The van der Waals surface area contributed by atoms with Crippen LogP contribution in [-0.4, -0.2) is 31.8 Å². The largest absolute Gasteiger partial charge is 0.481 e. The second kappa shape index (κ2) is 3.51. The minimum Gasteiger partial charge on any atom is -0.481 e. The maximum Gasteiger partial charge on any atom is 0.310 e. The lowest BCUT2D eigenvalue weighted by Gasteiger charge is -2.26. The van der Waals surface area contributed by atoms with E-state index in [0.717, 1.165) is 12.7 Å². The lowest BCUT2D eigenvalue weighted by Crippen LogP contribution is -2.46. The molecule has 1 aliphatic rings. The van der Waals surface area contributed by atoms with Gasteiger partial charge in [-0.25, -0.2) is 13.1 Å². The SMILES string of the molecule is CC1(C(=O)O)CCCC1NS(C)(=O)=O. The molecule has 14 heavy (non-hydrogen) atoms. The predicted octanol–water partition coefficient (Wildman–Crippen LogP) is 0.179. The number of hydrogen-bond acceptors (Lipinski definition) is 3. The summed E-state index contributed by atoms with van der Waals surface area (Å²) >= 11 is 0. The van der Waals surface area contributed by atoms with Crippen LogP contribution in [0.1, 0.15) is 26.2 Å². The van der Waals surface area contributed by atoms with Crippen molar-refractivity contribution in [3.63, 3.8) is 0 Å². The van der Waals surface area contributed by atoms with Crippen LogP contribution in [0.15, 0.2) is 0 Å². The van der Waals surface area contributed by atoms with E-state index in [0.29, 0.717) is 12.8 Å². The van der Waals surface area contributed by atoms with Gasteiger partial charge in [-0.1, -0.05) is 6.42 Å². The molecule has 5 nitrogen and oxygen atoms in total. The number of carboxylic acids is 1. The molecule has 0 amide bonds. The average molecular weight is 221 g/mol. The Morgan fingerprint density at radius 2 is 2.14 bits per heavy atom. The van der Waals surface area contributed by atoms with Crippen molar-refractivity contribution in [1.29, 1.82) is 0 Å². The maximum absolute atomic E-state index is 11.0. The van der Waals surface area contributed by atoms with Gasteiger partial charge in [0.05, 0.1) is 11.7 Å². The van der Waals surface area contributed by atoms with E-state index in [1.807, 2.05) is 0 Å². The fraction of sp³-hybridized carbons (Fsp3) is 0.875. The molecule has 1 rings (SSSR count). The van der Waals surface area contributed by atoms with Gasteiger partial charge in [0.1, 0.15) is 0 Å². The Morgan fingerprint density at radius 1 is 1.57 bits per heavy atom. The Kier molecular flexibility index (Phi) is 2.87. The summed E-state index contributed by atoms with van der Waals surface area (Å²) in [5, 5.41) is 9.00. The van der Waals surface area contributed by atoms with Gasteiger partial charge < -0.3 is 5.11 Å². The zero-order valence-electron chi connectivity index (χ0n) is 8.28. The Hall–Kier alpha value is -0.620. The first-order valence-corrected chi connectivity index (χ1v) is 6.35.